The highest BCUT2D eigenvalue weighted by molar-refractivity contribution is 5.33. The molecule has 1 aliphatic heterocycles. The van der Waals surface area contributed by atoms with Crippen LogP contribution in [0.15, 0.2) is 47.1 Å². The van der Waals surface area contributed by atoms with Gasteiger partial charge in [0.15, 0.2) is 0 Å². The molecule has 1 aromatic carbocycles. The van der Waals surface area contributed by atoms with Gasteiger partial charge in [-0.2, -0.15) is 0 Å². The smallest absolute Gasteiger partial charge is 0.119 e. The fraction of sp³-hybridized carbons (Fsp3) is 0.565. The minimum Gasteiger partial charge on any atom is -0.494 e. The summed E-state index contributed by atoms with van der Waals surface area (Å²) in [5.41, 5.74) is 1.28. The van der Waals surface area contributed by atoms with E-state index in [1.165, 1.54) is 37.9 Å². The second kappa shape index (κ2) is 10.5. The molecule has 1 atom stereocenters. The first kappa shape index (κ1) is 20.0. The van der Waals surface area contributed by atoms with Gasteiger partial charge in [-0.1, -0.05) is 18.6 Å². The lowest BCUT2D eigenvalue weighted by molar-refractivity contribution is 0.205. The molecule has 2 heterocycles. The zero-order chi connectivity index (χ0) is 18.9. The predicted octanol–water partition coefficient (Wildman–Crippen LogP) is 4.62. The molecule has 0 radical (unpaired) electrons. The minimum atomic E-state index is 0.288. The summed E-state index contributed by atoms with van der Waals surface area (Å²) in [6.45, 7) is 5.49. The fourth-order valence-electron chi connectivity index (χ4n) is 3.81. The summed E-state index contributed by atoms with van der Waals surface area (Å²) in [4.78, 5) is 4.78. The molecule has 1 unspecified atom stereocenters. The molecule has 0 N–H and O–H groups in total. The van der Waals surface area contributed by atoms with Crippen LogP contribution in [0.25, 0.3) is 0 Å². The molecule has 4 heteroatoms. The Kier molecular flexibility index (Phi) is 7.79. The molecule has 0 aliphatic carbocycles. The molecule has 0 amide bonds. The van der Waals surface area contributed by atoms with Gasteiger partial charge >= 0.3 is 0 Å². The zero-order valence-electron chi connectivity index (χ0n) is 16.9. The standard InChI is InChI=1S/C23H34N2O2/c1-24(2)17-13-22(23-8-6-18-27-23)20-9-11-21(12-10-20)26-19-7-16-25-14-4-3-5-15-25/h6,8-12,18,22H,3-5,7,13-17,19H2,1-2H3. The van der Waals surface area contributed by atoms with Crippen LogP contribution in [0.2, 0.25) is 0 Å². The summed E-state index contributed by atoms with van der Waals surface area (Å²) in [6, 6.07) is 12.6. The maximum absolute atomic E-state index is 5.96. The van der Waals surface area contributed by atoms with Crippen LogP contribution in [-0.2, 0) is 0 Å². The lowest BCUT2D eigenvalue weighted by atomic mass is 9.93. The number of hydrogen-bond acceptors (Lipinski definition) is 4. The number of rotatable bonds is 10. The van der Waals surface area contributed by atoms with Crippen LogP contribution in [0, 0.1) is 0 Å². The van der Waals surface area contributed by atoms with Gasteiger partial charge in [-0.15, -0.1) is 0 Å². The van der Waals surface area contributed by atoms with Crippen molar-refractivity contribution in [3.05, 3.63) is 54.0 Å². The van der Waals surface area contributed by atoms with Crippen LogP contribution in [-0.4, -0.2) is 56.7 Å². The second-order valence-electron chi connectivity index (χ2n) is 7.83. The molecule has 148 valence electrons. The summed E-state index contributed by atoms with van der Waals surface area (Å²) < 4.78 is 11.7. The highest BCUT2D eigenvalue weighted by atomic mass is 16.5. The molecule has 4 nitrogen and oxygen atoms in total. The van der Waals surface area contributed by atoms with E-state index in [-0.39, 0.29) is 5.92 Å². The molecule has 1 aliphatic rings. The fourth-order valence-corrected chi connectivity index (χ4v) is 3.81. The van der Waals surface area contributed by atoms with Crippen LogP contribution < -0.4 is 4.74 Å². The van der Waals surface area contributed by atoms with E-state index >= 15 is 0 Å². The normalized spacial score (nSPS) is 16.6. The molecular formula is C23H34N2O2. The number of ether oxygens (including phenoxy) is 1. The topological polar surface area (TPSA) is 28.9 Å². The quantitative estimate of drug-likeness (QED) is 0.571. The van der Waals surface area contributed by atoms with Crippen molar-refractivity contribution >= 4 is 0 Å². The molecule has 1 saturated heterocycles. The predicted molar refractivity (Wildman–Crippen MR) is 111 cm³/mol. The average Bonchev–Trinajstić information content (AvgIpc) is 3.21. The molecule has 0 bridgehead atoms. The van der Waals surface area contributed by atoms with Crippen LogP contribution in [0.5, 0.6) is 5.75 Å². The molecule has 1 fully saturated rings. The van der Waals surface area contributed by atoms with Crippen LogP contribution in [0.3, 0.4) is 0 Å². The number of benzene rings is 1. The molecule has 2 aromatic rings. The Morgan fingerprint density at radius 3 is 2.52 bits per heavy atom. The SMILES string of the molecule is CN(C)CCC(c1ccc(OCCCN2CCCCC2)cc1)c1ccco1. The van der Waals surface area contributed by atoms with Crippen molar-refractivity contribution in [3.8, 4) is 5.75 Å². The average molecular weight is 371 g/mol. The van der Waals surface area contributed by atoms with Crippen LogP contribution >= 0.6 is 0 Å². The molecule has 0 spiro atoms. The summed E-state index contributed by atoms with van der Waals surface area (Å²) in [5.74, 6) is 2.28. The lowest BCUT2D eigenvalue weighted by Gasteiger charge is -2.26. The highest BCUT2D eigenvalue weighted by Gasteiger charge is 2.17. The van der Waals surface area contributed by atoms with Gasteiger partial charge in [0.2, 0.25) is 0 Å². The van der Waals surface area contributed by atoms with Crippen molar-refractivity contribution in [2.75, 3.05) is 46.9 Å². The van der Waals surface area contributed by atoms with Gasteiger partial charge < -0.3 is 19.0 Å². The van der Waals surface area contributed by atoms with E-state index in [9.17, 15) is 0 Å². The Morgan fingerprint density at radius 1 is 1.07 bits per heavy atom. The van der Waals surface area contributed by atoms with Crippen molar-refractivity contribution < 1.29 is 9.15 Å². The molecule has 0 saturated carbocycles. The van der Waals surface area contributed by atoms with Crippen LogP contribution in [0.4, 0.5) is 0 Å². The largest absolute Gasteiger partial charge is 0.494 e. The van der Waals surface area contributed by atoms with Crippen molar-refractivity contribution in [2.24, 2.45) is 0 Å². The number of likely N-dealkylation sites (tertiary alicyclic amines) is 1. The number of furan rings is 1. The van der Waals surface area contributed by atoms with E-state index in [1.54, 1.807) is 6.26 Å². The lowest BCUT2D eigenvalue weighted by Crippen LogP contribution is -2.31. The molecule has 27 heavy (non-hydrogen) atoms. The van der Waals surface area contributed by atoms with Gasteiger partial charge in [-0.25, -0.2) is 0 Å². The summed E-state index contributed by atoms with van der Waals surface area (Å²) in [7, 11) is 4.22. The Balaban J connectivity index is 1.50. The van der Waals surface area contributed by atoms with Gasteiger partial charge in [-0.05, 0) is 89.2 Å². The van der Waals surface area contributed by atoms with Gasteiger partial charge in [0.25, 0.3) is 0 Å². The van der Waals surface area contributed by atoms with Gasteiger partial charge in [0.1, 0.15) is 11.5 Å². The Hall–Kier alpha value is -1.78. The first-order valence-corrected chi connectivity index (χ1v) is 10.4. The summed E-state index contributed by atoms with van der Waals surface area (Å²) >= 11 is 0. The molecular weight excluding hydrogens is 336 g/mol. The van der Waals surface area contributed by atoms with E-state index in [2.05, 4.69) is 54.2 Å². The number of hydrogen-bond donors (Lipinski definition) is 0. The summed E-state index contributed by atoms with van der Waals surface area (Å²) in [5, 5.41) is 0. The third-order valence-electron chi connectivity index (χ3n) is 5.37. The Morgan fingerprint density at radius 2 is 1.85 bits per heavy atom. The zero-order valence-corrected chi connectivity index (χ0v) is 16.9. The third kappa shape index (κ3) is 6.40. The van der Waals surface area contributed by atoms with E-state index < -0.39 is 0 Å². The first-order valence-electron chi connectivity index (χ1n) is 10.4. The van der Waals surface area contributed by atoms with Crippen molar-refractivity contribution in [2.45, 2.75) is 38.0 Å². The summed E-state index contributed by atoms with van der Waals surface area (Å²) in [6.07, 6.45) is 8.00. The minimum absolute atomic E-state index is 0.288. The van der Waals surface area contributed by atoms with Gasteiger partial charge in [-0.3, -0.25) is 0 Å². The van der Waals surface area contributed by atoms with E-state index in [1.807, 2.05) is 6.07 Å². The molecule has 3 rings (SSSR count). The Bertz CT molecular complexity index is 631. The van der Waals surface area contributed by atoms with Crippen molar-refractivity contribution in [1.29, 1.82) is 0 Å². The van der Waals surface area contributed by atoms with E-state index in [4.69, 9.17) is 9.15 Å². The number of nitrogens with zero attached hydrogens (tertiary/aromatic N) is 2. The van der Waals surface area contributed by atoms with Crippen molar-refractivity contribution in [3.63, 3.8) is 0 Å². The number of piperidine rings is 1. The Labute approximate surface area is 164 Å². The van der Waals surface area contributed by atoms with Gasteiger partial charge in [0.05, 0.1) is 12.9 Å². The van der Waals surface area contributed by atoms with Crippen molar-refractivity contribution in [1.82, 2.24) is 9.80 Å². The second-order valence-corrected chi connectivity index (χ2v) is 7.83. The van der Waals surface area contributed by atoms with Crippen LogP contribution in [0.1, 0.15) is 49.3 Å². The maximum atomic E-state index is 5.96. The van der Waals surface area contributed by atoms with E-state index in [0.717, 1.165) is 44.0 Å². The van der Waals surface area contributed by atoms with Gasteiger partial charge in [0, 0.05) is 12.5 Å². The monoisotopic (exact) mass is 370 g/mol. The van der Waals surface area contributed by atoms with E-state index in [0.29, 0.717) is 0 Å². The third-order valence-corrected chi connectivity index (χ3v) is 5.37. The maximum Gasteiger partial charge on any atom is 0.119 e. The molecule has 1 aromatic heterocycles. The first-order chi connectivity index (χ1) is 13.2. The highest BCUT2D eigenvalue weighted by Crippen LogP contribution is 2.29.